The highest BCUT2D eigenvalue weighted by Crippen LogP contribution is 2.47. The molecular weight excluding hydrogens is 328 g/mol. The summed E-state index contributed by atoms with van der Waals surface area (Å²) in [5.41, 5.74) is 2.96. The fourth-order valence-corrected chi connectivity index (χ4v) is 3.02. The van der Waals surface area contributed by atoms with Crippen molar-refractivity contribution in [2.45, 2.75) is 33.6 Å². The van der Waals surface area contributed by atoms with Crippen molar-refractivity contribution >= 4 is 29.0 Å². The number of ketones is 1. The molecule has 0 aromatic heterocycles. The van der Waals surface area contributed by atoms with Crippen molar-refractivity contribution in [2.24, 2.45) is 5.41 Å². The van der Waals surface area contributed by atoms with Gasteiger partial charge < -0.3 is 10.6 Å². The quantitative estimate of drug-likeness (QED) is 0.635. The van der Waals surface area contributed by atoms with Crippen LogP contribution in [0.25, 0.3) is 0 Å². The van der Waals surface area contributed by atoms with E-state index in [1.165, 1.54) is 6.92 Å². The number of hydrogen-bond donors (Lipinski definition) is 2. The number of amides is 2. The molecule has 1 saturated carbocycles. The number of benzene rings is 2. The van der Waals surface area contributed by atoms with Gasteiger partial charge in [0, 0.05) is 16.9 Å². The lowest BCUT2D eigenvalue weighted by atomic mass is 10.0. The van der Waals surface area contributed by atoms with E-state index < -0.39 is 5.41 Å². The van der Waals surface area contributed by atoms with Gasteiger partial charge in [-0.2, -0.15) is 0 Å². The van der Waals surface area contributed by atoms with Gasteiger partial charge in [0.25, 0.3) is 0 Å². The molecule has 2 N–H and O–H groups in total. The maximum atomic E-state index is 12.7. The number of Topliss-reactive ketones (excluding diaryl/α,β-unsaturated/α-hetero) is 1. The molecule has 134 valence electrons. The van der Waals surface area contributed by atoms with Gasteiger partial charge in [0.05, 0.1) is 0 Å². The second kappa shape index (κ2) is 6.75. The third-order valence-corrected chi connectivity index (χ3v) is 4.65. The van der Waals surface area contributed by atoms with E-state index in [-0.39, 0.29) is 17.6 Å². The van der Waals surface area contributed by atoms with Crippen LogP contribution in [-0.4, -0.2) is 17.6 Å². The van der Waals surface area contributed by atoms with Gasteiger partial charge in [-0.25, -0.2) is 0 Å². The summed E-state index contributed by atoms with van der Waals surface area (Å²) in [6.45, 7) is 5.42. The SMILES string of the molecule is CC(=O)c1ccc(NC(=O)C2(C(=O)Nc3cc(C)cc(C)c3)CC2)cc1. The summed E-state index contributed by atoms with van der Waals surface area (Å²) in [7, 11) is 0. The van der Waals surface area contributed by atoms with Crippen LogP contribution in [0.3, 0.4) is 0 Å². The molecule has 0 saturated heterocycles. The molecule has 1 aliphatic rings. The highest BCUT2D eigenvalue weighted by atomic mass is 16.2. The Hall–Kier alpha value is -2.95. The fraction of sp³-hybridized carbons (Fsp3) is 0.286. The Balaban J connectivity index is 1.70. The standard InChI is InChI=1S/C21H22N2O3/c1-13-10-14(2)12-18(11-13)23-20(26)21(8-9-21)19(25)22-17-6-4-16(5-7-17)15(3)24/h4-7,10-12H,8-9H2,1-3H3,(H,22,25)(H,23,26). The molecule has 1 fully saturated rings. The topological polar surface area (TPSA) is 75.3 Å². The molecule has 0 spiro atoms. The van der Waals surface area contributed by atoms with Crippen LogP contribution in [0.5, 0.6) is 0 Å². The number of anilines is 2. The molecule has 5 nitrogen and oxygen atoms in total. The first-order chi connectivity index (χ1) is 12.3. The summed E-state index contributed by atoms with van der Waals surface area (Å²) < 4.78 is 0. The first-order valence-electron chi connectivity index (χ1n) is 8.62. The summed E-state index contributed by atoms with van der Waals surface area (Å²) in [4.78, 5) is 36.6. The maximum absolute atomic E-state index is 12.7. The Kier molecular flexibility index (Phi) is 4.64. The Labute approximate surface area is 152 Å². The van der Waals surface area contributed by atoms with Crippen LogP contribution in [0.4, 0.5) is 11.4 Å². The first kappa shape index (κ1) is 17.9. The normalized spacial score (nSPS) is 14.4. The molecule has 0 unspecified atom stereocenters. The maximum Gasteiger partial charge on any atom is 0.240 e. The van der Waals surface area contributed by atoms with Gasteiger partial charge in [-0.3, -0.25) is 14.4 Å². The van der Waals surface area contributed by atoms with E-state index in [1.807, 2.05) is 32.0 Å². The molecule has 26 heavy (non-hydrogen) atoms. The fourth-order valence-electron chi connectivity index (χ4n) is 3.02. The predicted molar refractivity (Wildman–Crippen MR) is 101 cm³/mol. The lowest BCUT2D eigenvalue weighted by molar-refractivity contribution is -0.131. The second-order valence-corrected chi connectivity index (χ2v) is 7.00. The smallest absolute Gasteiger partial charge is 0.240 e. The van der Waals surface area contributed by atoms with E-state index >= 15 is 0 Å². The number of nitrogens with one attached hydrogen (secondary N) is 2. The summed E-state index contributed by atoms with van der Waals surface area (Å²) in [5, 5.41) is 5.66. The zero-order valence-electron chi connectivity index (χ0n) is 15.2. The minimum absolute atomic E-state index is 0.0330. The van der Waals surface area contributed by atoms with E-state index in [1.54, 1.807) is 24.3 Å². The Bertz CT molecular complexity index is 860. The van der Waals surface area contributed by atoms with E-state index in [4.69, 9.17) is 0 Å². The molecule has 2 aromatic rings. The van der Waals surface area contributed by atoms with Crippen molar-refractivity contribution in [3.63, 3.8) is 0 Å². The van der Waals surface area contributed by atoms with Gasteiger partial charge in [0.15, 0.2) is 5.78 Å². The molecule has 1 aliphatic carbocycles. The molecular formula is C21H22N2O3. The highest BCUT2D eigenvalue weighted by Gasteiger charge is 2.56. The minimum Gasteiger partial charge on any atom is -0.325 e. The van der Waals surface area contributed by atoms with E-state index in [0.717, 1.165) is 11.1 Å². The van der Waals surface area contributed by atoms with E-state index in [2.05, 4.69) is 10.6 Å². The highest BCUT2D eigenvalue weighted by molar-refractivity contribution is 6.17. The first-order valence-corrected chi connectivity index (χ1v) is 8.62. The van der Waals surface area contributed by atoms with Crippen LogP contribution in [0.1, 0.15) is 41.3 Å². The minimum atomic E-state index is -1.02. The van der Waals surface area contributed by atoms with Crippen LogP contribution in [0, 0.1) is 19.3 Å². The number of hydrogen-bond acceptors (Lipinski definition) is 3. The lowest BCUT2D eigenvalue weighted by Gasteiger charge is -2.16. The predicted octanol–water partition coefficient (Wildman–Crippen LogP) is 3.86. The molecule has 2 aromatic carbocycles. The van der Waals surface area contributed by atoms with Gasteiger partial charge in [0.1, 0.15) is 5.41 Å². The average molecular weight is 350 g/mol. The van der Waals surface area contributed by atoms with Crippen LogP contribution < -0.4 is 10.6 Å². The zero-order valence-corrected chi connectivity index (χ0v) is 15.2. The van der Waals surface area contributed by atoms with Gasteiger partial charge in [-0.1, -0.05) is 6.07 Å². The van der Waals surface area contributed by atoms with Crippen LogP contribution in [0.2, 0.25) is 0 Å². The molecule has 0 atom stereocenters. The van der Waals surface area contributed by atoms with Crippen molar-refractivity contribution in [2.75, 3.05) is 10.6 Å². The summed E-state index contributed by atoms with van der Waals surface area (Å²) in [6.07, 6.45) is 1.06. The summed E-state index contributed by atoms with van der Waals surface area (Å²) >= 11 is 0. The van der Waals surface area contributed by atoms with Crippen molar-refractivity contribution < 1.29 is 14.4 Å². The zero-order chi connectivity index (χ0) is 18.9. The van der Waals surface area contributed by atoms with Crippen LogP contribution >= 0.6 is 0 Å². The second-order valence-electron chi connectivity index (χ2n) is 7.00. The third kappa shape index (κ3) is 3.67. The average Bonchev–Trinajstić information content (AvgIpc) is 3.36. The van der Waals surface area contributed by atoms with Crippen molar-refractivity contribution in [1.82, 2.24) is 0 Å². The number of carbonyl (C=O) groups excluding carboxylic acids is 3. The lowest BCUT2D eigenvalue weighted by Crippen LogP contribution is -2.35. The van der Waals surface area contributed by atoms with Crippen LogP contribution in [0.15, 0.2) is 42.5 Å². The van der Waals surface area contributed by atoms with Crippen molar-refractivity contribution in [1.29, 1.82) is 0 Å². The Morgan fingerprint density at radius 3 is 1.77 bits per heavy atom. The molecule has 2 amide bonds. The molecule has 5 heteroatoms. The molecule has 0 radical (unpaired) electrons. The summed E-state index contributed by atoms with van der Waals surface area (Å²) in [5.74, 6) is -0.621. The molecule has 0 aliphatic heterocycles. The number of carbonyl (C=O) groups is 3. The van der Waals surface area contributed by atoms with Gasteiger partial charge in [-0.15, -0.1) is 0 Å². The van der Waals surface area contributed by atoms with Gasteiger partial charge in [0.2, 0.25) is 11.8 Å². The summed E-state index contributed by atoms with van der Waals surface area (Å²) in [6, 6.07) is 12.5. The largest absolute Gasteiger partial charge is 0.325 e. The number of aryl methyl sites for hydroxylation is 2. The molecule has 3 rings (SSSR count). The van der Waals surface area contributed by atoms with Crippen molar-refractivity contribution in [3.05, 3.63) is 59.2 Å². The third-order valence-electron chi connectivity index (χ3n) is 4.65. The van der Waals surface area contributed by atoms with E-state index in [9.17, 15) is 14.4 Å². The molecule has 0 heterocycles. The van der Waals surface area contributed by atoms with E-state index in [0.29, 0.717) is 29.8 Å². The number of rotatable bonds is 5. The van der Waals surface area contributed by atoms with Gasteiger partial charge >= 0.3 is 0 Å². The van der Waals surface area contributed by atoms with Crippen LogP contribution in [-0.2, 0) is 9.59 Å². The Morgan fingerprint density at radius 1 is 0.808 bits per heavy atom. The van der Waals surface area contributed by atoms with Crippen molar-refractivity contribution in [3.8, 4) is 0 Å². The monoisotopic (exact) mass is 350 g/mol. The Morgan fingerprint density at radius 2 is 1.31 bits per heavy atom. The van der Waals surface area contributed by atoms with Gasteiger partial charge in [-0.05, 0) is 81.1 Å². The molecule has 0 bridgehead atoms.